The maximum absolute atomic E-state index is 12.5. The summed E-state index contributed by atoms with van der Waals surface area (Å²) in [5.41, 5.74) is 1.40. The highest BCUT2D eigenvalue weighted by atomic mass is 16.5. The van der Waals surface area contributed by atoms with Gasteiger partial charge in [-0.25, -0.2) is 4.99 Å². The molecular weight excluding hydrogens is 308 g/mol. The molecule has 6 nitrogen and oxygen atoms in total. The van der Waals surface area contributed by atoms with Gasteiger partial charge < -0.3 is 15.2 Å². The number of hydrogen-bond donors (Lipinski definition) is 2. The molecule has 0 aromatic heterocycles. The van der Waals surface area contributed by atoms with Crippen LogP contribution in [0.5, 0.6) is 5.75 Å². The zero-order valence-electron chi connectivity index (χ0n) is 13.2. The first-order valence-electron chi connectivity index (χ1n) is 7.38. The van der Waals surface area contributed by atoms with Crippen molar-refractivity contribution in [3.8, 4) is 5.75 Å². The van der Waals surface area contributed by atoms with Crippen LogP contribution >= 0.6 is 0 Å². The van der Waals surface area contributed by atoms with Crippen molar-refractivity contribution >= 4 is 23.2 Å². The van der Waals surface area contributed by atoms with Gasteiger partial charge >= 0.3 is 0 Å². The van der Waals surface area contributed by atoms with Crippen molar-refractivity contribution in [3.05, 3.63) is 59.4 Å². The van der Waals surface area contributed by atoms with E-state index in [0.29, 0.717) is 17.1 Å². The molecule has 0 bridgehead atoms. The Morgan fingerprint density at radius 2 is 2.12 bits per heavy atom. The smallest absolute Gasteiger partial charge is 0.286 e. The van der Waals surface area contributed by atoms with Gasteiger partial charge in [0.1, 0.15) is 17.1 Å². The SMILES string of the molecule is COc1ccc(C)cc1NC(=O)C1=C(O)C2C=CC=CC2=NC1=O. The number of anilines is 1. The van der Waals surface area contributed by atoms with E-state index in [1.54, 1.807) is 36.4 Å². The number of allylic oxidation sites excluding steroid dienone is 4. The number of nitrogens with zero attached hydrogens (tertiary/aromatic N) is 1. The summed E-state index contributed by atoms with van der Waals surface area (Å²) >= 11 is 0. The minimum Gasteiger partial charge on any atom is -0.510 e. The average molecular weight is 324 g/mol. The highest BCUT2D eigenvalue weighted by Gasteiger charge is 2.34. The van der Waals surface area contributed by atoms with Gasteiger partial charge in [0.15, 0.2) is 0 Å². The average Bonchev–Trinajstić information content (AvgIpc) is 2.55. The number of ether oxygens (including phenoxy) is 1. The number of aliphatic imine (C=N–C) groups is 1. The fourth-order valence-corrected chi connectivity index (χ4v) is 2.63. The second kappa shape index (κ2) is 6.16. The Hall–Kier alpha value is -3.15. The van der Waals surface area contributed by atoms with E-state index >= 15 is 0 Å². The molecule has 6 heteroatoms. The monoisotopic (exact) mass is 324 g/mol. The van der Waals surface area contributed by atoms with Crippen molar-refractivity contribution in [2.24, 2.45) is 10.9 Å². The Kier molecular flexibility index (Phi) is 4.04. The number of hydrogen-bond acceptors (Lipinski definition) is 4. The number of amides is 2. The van der Waals surface area contributed by atoms with Crippen molar-refractivity contribution in [3.63, 3.8) is 0 Å². The molecule has 0 saturated heterocycles. The van der Waals surface area contributed by atoms with Crippen LogP contribution in [0.1, 0.15) is 5.56 Å². The van der Waals surface area contributed by atoms with E-state index in [2.05, 4.69) is 10.3 Å². The Morgan fingerprint density at radius 3 is 2.88 bits per heavy atom. The largest absolute Gasteiger partial charge is 0.510 e. The van der Waals surface area contributed by atoms with Gasteiger partial charge in [0, 0.05) is 0 Å². The van der Waals surface area contributed by atoms with E-state index in [4.69, 9.17) is 4.74 Å². The van der Waals surface area contributed by atoms with Crippen LogP contribution in [-0.4, -0.2) is 29.7 Å². The van der Waals surface area contributed by atoms with Crippen LogP contribution in [-0.2, 0) is 9.59 Å². The first kappa shape index (κ1) is 15.7. The fraction of sp³-hybridized carbons (Fsp3) is 0.167. The third kappa shape index (κ3) is 2.74. The fourth-order valence-electron chi connectivity index (χ4n) is 2.63. The molecule has 3 rings (SSSR count). The Labute approximate surface area is 138 Å². The molecule has 0 radical (unpaired) electrons. The van der Waals surface area contributed by atoms with E-state index in [1.165, 1.54) is 7.11 Å². The molecule has 1 heterocycles. The van der Waals surface area contributed by atoms with E-state index in [9.17, 15) is 14.7 Å². The predicted molar refractivity (Wildman–Crippen MR) is 90.2 cm³/mol. The summed E-state index contributed by atoms with van der Waals surface area (Å²) < 4.78 is 5.20. The van der Waals surface area contributed by atoms with Gasteiger partial charge in [-0.1, -0.05) is 24.3 Å². The summed E-state index contributed by atoms with van der Waals surface area (Å²) in [4.78, 5) is 28.6. The number of fused-ring (bicyclic) bond motifs is 1. The highest BCUT2D eigenvalue weighted by molar-refractivity contribution is 6.28. The molecule has 1 aromatic carbocycles. The molecule has 122 valence electrons. The molecule has 0 spiro atoms. The molecule has 1 aliphatic heterocycles. The summed E-state index contributed by atoms with van der Waals surface area (Å²) in [7, 11) is 1.48. The lowest BCUT2D eigenvalue weighted by Gasteiger charge is -2.21. The topological polar surface area (TPSA) is 88.0 Å². The van der Waals surface area contributed by atoms with Crippen molar-refractivity contribution in [2.75, 3.05) is 12.4 Å². The second-order valence-corrected chi connectivity index (χ2v) is 5.48. The molecule has 2 amide bonds. The molecule has 0 saturated carbocycles. The Bertz CT molecular complexity index is 847. The lowest BCUT2D eigenvalue weighted by atomic mass is 9.90. The second-order valence-electron chi connectivity index (χ2n) is 5.48. The predicted octanol–water partition coefficient (Wildman–Crippen LogP) is 2.48. The van der Waals surface area contributed by atoms with Crippen LogP contribution in [0.3, 0.4) is 0 Å². The van der Waals surface area contributed by atoms with E-state index in [0.717, 1.165) is 5.56 Å². The van der Waals surface area contributed by atoms with Gasteiger partial charge in [0.05, 0.1) is 24.4 Å². The lowest BCUT2D eigenvalue weighted by Crippen LogP contribution is -2.30. The minimum absolute atomic E-state index is 0.297. The molecular formula is C18H16N2O4. The number of carbonyl (C=O) groups is 2. The van der Waals surface area contributed by atoms with Crippen LogP contribution in [0.25, 0.3) is 0 Å². The van der Waals surface area contributed by atoms with Crippen LogP contribution < -0.4 is 10.1 Å². The van der Waals surface area contributed by atoms with Crippen LogP contribution in [0.15, 0.2) is 58.8 Å². The maximum Gasteiger partial charge on any atom is 0.286 e. The number of carbonyl (C=O) groups excluding carboxylic acids is 2. The highest BCUT2D eigenvalue weighted by Crippen LogP contribution is 2.29. The number of methoxy groups -OCH3 is 1. The van der Waals surface area contributed by atoms with E-state index in [-0.39, 0.29) is 11.3 Å². The molecule has 1 aliphatic carbocycles. The zero-order chi connectivity index (χ0) is 17.3. The number of dihydropyridines is 1. The maximum atomic E-state index is 12.5. The normalized spacial score (nSPS) is 19.0. The van der Waals surface area contributed by atoms with Gasteiger partial charge in [-0.2, -0.15) is 0 Å². The molecule has 24 heavy (non-hydrogen) atoms. The third-order valence-electron chi connectivity index (χ3n) is 3.83. The summed E-state index contributed by atoms with van der Waals surface area (Å²) in [6.07, 6.45) is 6.77. The van der Waals surface area contributed by atoms with E-state index in [1.807, 2.05) is 13.0 Å². The first-order valence-corrected chi connectivity index (χ1v) is 7.38. The van der Waals surface area contributed by atoms with Crippen molar-refractivity contribution in [2.45, 2.75) is 6.92 Å². The zero-order valence-corrected chi connectivity index (χ0v) is 13.2. The molecule has 1 atom stereocenters. The summed E-state index contributed by atoms with van der Waals surface area (Å²) in [5.74, 6) is -1.89. The van der Waals surface area contributed by atoms with Crippen LogP contribution in [0, 0.1) is 12.8 Å². The standard InChI is InChI=1S/C18H16N2O4/c1-10-7-8-14(24-2)13(9-10)20-18(23)15-16(21)11-5-3-4-6-12(11)19-17(15)22/h3-9,11,21H,1-2H3,(H,20,23). The van der Waals surface area contributed by atoms with Gasteiger partial charge in [-0.15, -0.1) is 0 Å². The number of aryl methyl sites for hydroxylation is 1. The van der Waals surface area contributed by atoms with Gasteiger partial charge in [0.25, 0.3) is 11.8 Å². The summed E-state index contributed by atoms with van der Waals surface area (Å²) in [6.45, 7) is 1.87. The van der Waals surface area contributed by atoms with Gasteiger partial charge in [-0.05, 0) is 30.7 Å². The van der Waals surface area contributed by atoms with Gasteiger partial charge in [-0.3, -0.25) is 9.59 Å². The number of aliphatic hydroxyl groups excluding tert-OH is 1. The minimum atomic E-state index is -0.761. The van der Waals surface area contributed by atoms with Crippen molar-refractivity contribution < 1.29 is 19.4 Å². The summed E-state index contributed by atoms with van der Waals surface area (Å²) in [5, 5.41) is 13.0. The van der Waals surface area contributed by atoms with Crippen molar-refractivity contribution in [1.29, 1.82) is 0 Å². The lowest BCUT2D eigenvalue weighted by molar-refractivity contribution is -0.119. The van der Waals surface area contributed by atoms with Crippen molar-refractivity contribution in [1.82, 2.24) is 0 Å². The number of aliphatic hydroxyl groups is 1. The number of nitrogens with one attached hydrogen (secondary N) is 1. The first-order chi connectivity index (χ1) is 11.5. The number of benzene rings is 1. The summed E-state index contributed by atoms with van der Waals surface area (Å²) in [6, 6.07) is 5.28. The number of rotatable bonds is 3. The van der Waals surface area contributed by atoms with E-state index < -0.39 is 17.7 Å². The molecule has 1 aromatic rings. The van der Waals surface area contributed by atoms with Gasteiger partial charge in [0.2, 0.25) is 0 Å². The quantitative estimate of drug-likeness (QED) is 0.836. The molecule has 0 fully saturated rings. The molecule has 2 N–H and O–H groups in total. The Morgan fingerprint density at radius 1 is 1.33 bits per heavy atom. The molecule has 1 unspecified atom stereocenters. The van der Waals surface area contributed by atoms with Crippen LogP contribution in [0.4, 0.5) is 5.69 Å². The molecule has 2 aliphatic rings. The third-order valence-corrected chi connectivity index (χ3v) is 3.83. The Balaban J connectivity index is 1.93. The van der Waals surface area contributed by atoms with Crippen LogP contribution in [0.2, 0.25) is 0 Å².